The summed E-state index contributed by atoms with van der Waals surface area (Å²) < 4.78 is 20.8. The van der Waals surface area contributed by atoms with Gasteiger partial charge in [-0.3, -0.25) is 14.4 Å². The first-order valence-corrected chi connectivity index (χ1v) is 10.8. The van der Waals surface area contributed by atoms with Crippen LogP contribution >= 0.6 is 8.53 Å². The van der Waals surface area contributed by atoms with Crippen LogP contribution in [0.3, 0.4) is 0 Å². The van der Waals surface area contributed by atoms with E-state index in [1.807, 2.05) is 6.07 Å². The van der Waals surface area contributed by atoms with Crippen molar-refractivity contribution in [1.29, 1.82) is 0 Å². The molecule has 0 aliphatic carbocycles. The van der Waals surface area contributed by atoms with Crippen LogP contribution in [0.25, 0.3) is 0 Å². The standard InChI is InChI=1S/C20H31N2O8P/c1-14(19(26)28-5)22-31(30-15-9-7-6-8-10-15)29-13-20(2,3)17(24)18(25)21-12-11-16(23)27-4/h6-10,14,17,22,24H,11-13H2,1-5H3,(H,21,25). The molecule has 0 spiro atoms. The predicted octanol–water partition coefficient (Wildman–Crippen LogP) is 1.53. The fourth-order valence-corrected chi connectivity index (χ4v) is 3.56. The quantitative estimate of drug-likeness (QED) is 0.297. The van der Waals surface area contributed by atoms with Crippen molar-refractivity contribution in [3.63, 3.8) is 0 Å². The number of hydrogen-bond acceptors (Lipinski definition) is 9. The van der Waals surface area contributed by atoms with Gasteiger partial charge in [-0.15, -0.1) is 0 Å². The number of para-hydroxylation sites is 1. The highest BCUT2D eigenvalue weighted by Gasteiger charge is 2.35. The molecule has 0 radical (unpaired) electrons. The van der Waals surface area contributed by atoms with Crippen LogP contribution < -0.4 is 14.9 Å². The Morgan fingerprint density at radius 1 is 1.13 bits per heavy atom. The van der Waals surface area contributed by atoms with Crippen molar-refractivity contribution in [3.8, 4) is 5.75 Å². The summed E-state index contributed by atoms with van der Waals surface area (Å²) in [7, 11) is 0.732. The van der Waals surface area contributed by atoms with Crippen LogP contribution in [-0.2, 0) is 28.4 Å². The van der Waals surface area contributed by atoms with Crippen molar-refractivity contribution in [1.82, 2.24) is 10.4 Å². The molecule has 3 atom stereocenters. The Balaban J connectivity index is 2.73. The van der Waals surface area contributed by atoms with E-state index >= 15 is 0 Å². The number of benzene rings is 1. The largest absolute Gasteiger partial charge is 0.469 e. The molecular weight excluding hydrogens is 427 g/mol. The normalized spacial score (nSPS) is 14.1. The minimum atomic E-state index is -1.80. The highest BCUT2D eigenvalue weighted by Crippen LogP contribution is 2.38. The van der Waals surface area contributed by atoms with Crippen molar-refractivity contribution in [2.24, 2.45) is 5.41 Å². The summed E-state index contributed by atoms with van der Waals surface area (Å²) in [6.45, 7) is 4.89. The highest BCUT2D eigenvalue weighted by molar-refractivity contribution is 7.45. The van der Waals surface area contributed by atoms with Gasteiger partial charge in [0.25, 0.3) is 0 Å². The molecule has 0 aliphatic rings. The average Bonchev–Trinajstić information content (AvgIpc) is 2.76. The zero-order valence-electron chi connectivity index (χ0n) is 18.4. The number of methoxy groups -OCH3 is 2. The Bertz CT molecular complexity index is 716. The second kappa shape index (κ2) is 13.2. The molecule has 174 valence electrons. The number of ether oxygens (including phenoxy) is 2. The average molecular weight is 458 g/mol. The van der Waals surface area contributed by atoms with E-state index in [2.05, 4.69) is 15.1 Å². The lowest BCUT2D eigenvalue weighted by Gasteiger charge is -2.31. The van der Waals surface area contributed by atoms with Gasteiger partial charge in [-0.1, -0.05) is 32.0 Å². The maximum absolute atomic E-state index is 12.2. The van der Waals surface area contributed by atoms with Gasteiger partial charge in [-0.05, 0) is 19.1 Å². The van der Waals surface area contributed by atoms with Crippen LogP contribution in [0.15, 0.2) is 30.3 Å². The van der Waals surface area contributed by atoms with Crippen molar-refractivity contribution in [2.75, 3.05) is 27.4 Å². The van der Waals surface area contributed by atoms with Crippen LogP contribution in [0.1, 0.15) is 27.2 Å². The van der Waals surface area contributed by atoms with Crippen LogP contribution in [0.5, 0.6) is 5.75 Å². The monoisotopic (exact) mass is 458 g/mol. The van der Waals surface area contributed by atoms with Gasteiger partial charge in [0.2, 0.25) is 5.91 Å². The zero-order valence-corrected chi connectivity index (χ0v) is 19.3. The molecule has 0 saturated carbocycles. The third-order valence-electron chi connectivity index (χ3n) is 4.18. The molecule has 0 aromatic heterocycles. The number of nitrogens with one attached hydrogen (secondary N) is 2. The van der Waals surface area contributed by atoms with E-state index in [0.717, 1.165) is 0 Å². The van der Waals surface area contributed by atoms with Crippen molar-refractivity contribution in [2.45, 2.75) is 39.3 Å². The summed E-state index contributed by atoms with van der Waals surface area (Å²) in [6, 6.07) is 8.18. The number of aliphatic hydroxyl groups is 1. The molecule has 0 bridgehead atoms. The van der Waals surface area contributed by atoms with E-state index in [4.69, 9.17) is 13.8 Å². The van der Waals surface area contributed by atoms with Crippen molar-refractivity contribution < 1.29 is 38.0 Å². The maximum Gasteiger partial charge on any atom is 0.323 e. The molecule has 0 saturated heterocycles. The number of hydrogen-bond donors (Lipinski definition) is 3. The van der Waals surface area contributed by atoms with Gasteiger partial charge in [0.1, 0.15) is 17.9 Å². The number of amides is 1. The molecule has 31 heavy (non-hydrogen) atoms. The van der Waals surface area contributed by atoms with E-state index in [9.17, 15) is 19.5 Å². The lowest BCUT2D eigenvalue weighted by atomic mass is 9.87. The summed E-state index contributed by atoms with van der Waals surface area (Å²) in [5, 5.41) is 15.9. The Morgan fingerprint density at radius 3 is 2.35 bits per heavy atom. The molecule has 1 amide bonds. The molecule has 0 heterocycles. The number of carbonyl (C=O) groups excluding carboxylic acids is 3. The lowest BCUT2D eigenvalue weighted by Crippen LogP contribution is -2.46. The number of aliphatic hydroxyl groups excluding tert-OH is 1. The van der Waals surface area contributed by atoms with E-state index in [-0.39, 0.29) is 19.6 Å². The topological polar surface area (TPSA) is 132 Å². The van der Waals surface area contributed by atoms with E-state index in [1.165, 1.54) is 14.2 Å². The molecule has 0 fully saturated rings. The van der Waals surface area contributed by atoms with Gasteiger partial charge in [0, 0.05) is 12.0 Å². The Hall–Kier alpha value is -2.26. The van der Waals surface area contributed by atoms with Crippen molar-refractivity contribution in [3.05, 3.63) is 30.3 Å². The summed E-state index contributed by atoms with van der Waals surface area (Å²) >= 11 is 0. The molecule has 1 rings (SSSR count). The predicted molar refractivity (Wildman–Crippen MR) is 114 cm³/mol. The maximum atomic E-state index is 12.2. The van der Waals surface area contributed by atoms with E-state index in [0.29, 0.717) is 5.75 Å². The summed E-state index contributed by atoms with van der Waals surface area (Å²) in [5.41, 5.74) is -0.994. The Morgan fingerprint density at radius 2 is 1.77 bits per heavy atom. The first-order chi connectivity index (χ1) is 14.6. The SMILES string of the molecule is COC(=O)CCNC(=O)C(O)C(C)(C)COP(NC(C)C(=O)OC)Oc1ccccc1. The first-order valence-electron chi connectivity index (χ1n) is 9.63. The van der Waals surface area contributed by atoms with Gasteiger partial charge < -0.3 is 28.9 Å². The summed E-state index contributed by atoms with van der Waals surface area (Å²) in [4.78, 5) is 35.1. The number of rotatable bonds is 13. The van der Waals surface area contributed by atoms with E-state index in [1.54, 1.807) is 45.0 Å². The summed E-state index contributed by atoms with van der Waals surface area (Å²) in [6.07, 6.45) is -1.41. The number of carbonyl (C=O) groups is 3. The van der Waals surface area contributed by atoms with E-state index < -0.39 is 43.9 Å². The smallest absolute Gasteiger partial charge is 0.323 e. The van der Waals surface area contributed by atoms with Gasteiger partial charge in [-0.2, -0.15) is 0 Å². The van der Waals surface area contributed by atoms with Gasteiger partial charge in [0.15, 0.2) is 0 Å². The van der Waals surface area contributed by atoms with Crippen LogP contribution in [0.4, 0.5) is 0 Å². The molecule has 10 nitrogen and oxygen atoms in total. The molecule has 1 aromatic rings. The molecule has 3 unspecified atom stereocenters. The van der Waals surface area contributed by atoms with Crippen LogP contribution in [-0.4, -0.2) is 62.5 Å². The Labute approximate surface area is 183 Å². The fourth-order valence-electron chi connectivity index (χ4n) is 2.20. The number of esters is 2. The highest BCUT2D eigenvalue weighted by atomic mass is 31.2. The molecule has 1 aromatic carbocycles. The second-order valence-electron chi connectivity index (χ2n) is 7.32. The summed E-state index contributed by atoms with van der Waals surface area (Å²) in [5.74, 6) is -1.07. The van der Waals surface area contributed by atoms with Gasteiger partial charge in [-0.25, -0.2) is 5.09 Å². The molecule has 0 aliphatic heterocycles. The minimum Gasteiger partial charge on any atom is -0.469 e. The third-order valence-corrected chi connectivity index (χ3v) is 5.52. The van der Waals surface area contributed by atoms with Gasteiger partial charge >= 0.3 is 20.5 Å². The zero-order chi connectivity index (χ0) is 23.4. The third kappa shape index (κ3) is 9.61. The molecule has 3 N–H and O–H groups in total. The van der Waals surface area contributed by atoms with Crippen LogP contribution in [0, 0.1) is 5.41 Å². The van der Waals surface area contributed by atoms with Gasteiger partial charge in [0.05, 0.1) is 27.2 Å². The first kappa shape index (κ1) is 26.8. The lowest BCUT2D eigenvalue weighted by molar-refractivity contribution is -0.142. The minimum absolute atomic E-state index is 0.00254. The van der Waals surface area contributed by atoms with Crippen LogP contribution in [0.2, 0.25) is 0 Å². The molecule has 11 heteroatoms. The Kier molecular flexibility index (Phi) is 11.4. The van der Waals surface area contributed by atoms with Crippen molar-refractivity contribution >= 4 is 26.4 Å². The fraction of sp³-hybridized carbons (Fsp3) is 0.550. The second-order valence-corrected chi connectivity index (χ2v) is 8.53. The molecular formula is C20H31N2O8P.